The Hall–Kier alpha value is -3.36. The summed E-state index contributed by atoms with van der Waals surface area (Å²) in [6.07, 6.45) is 0.901. The zero-order valence-electron chi connectivity index (χ0n) is 21.9. The summed E-state index contributed by atoms with van der Waals surface area (Å²) in [5.74, 6) is -0.748. The van der Waals surface area contributed by atoms with Gasteiger partial charge in [0.15, 0.2) is 0 Å². The van der Waals surface area contributed by atoms with E-state index in [2.05, 4.69) is 5.32 Å². The number of anilines is 1. The highest BCUT2D eigenvalue weighted by molar-refractivity contribution is 7.92. The Morgan fingerprint density at radius 2 is 1.63 bits per heavy atom. The van der Waals surface area contributed by atoms with Gasteiger partial charge in [0.1, 0.15) is 12.6 Å². The van der Waals surface area contributed by atoms with Crippen molar-refractivity contribution in [2.75, 3.05) is 23.9 Å². The minimum absolute atomic E-state index is 0.0579. The molecule has 0 saturated carbocycles. The van der Waals surface area contributed by atoms with Crippen LogP contribution in [-0.2, 0) is 26.0 Å². The molecule has 0 aliphatic rings. The van der Waals surface area contributed by atoms with Gasteiger partial charge < -0.3 is 10.2 Å². The van der Waals surface area contributed by atoms with Crippen LogP contribution in [0.3, 0.4) is 0 Å². The summed E-state index contributed by atoms with van der Waals surface area (Å²) in [4.78, 5) is 28.4. The van der Waals surface area contributed by atoms with Gasteiger partial charge in [0.05, 0.1) is 10.6 Å². The molecule has 1 atom stereocenters. The summed E-state index contributed by atoms with van der Waals surface area (Å²) in [5, 5.41) is 3.14. The molecular formula is C29H34ClN3O4S. The molecule has 0 aliphatic carbocycles. The van der Waals surface area contributed by atoms with Crippen molar-refractivity contribution in [2.24, 2.45) is 0 Å². The van der Waals surface area contributed by atoms with E-state index in [0.29, 0.717) is 24.4 Å². The Balaban J connectivity index is 2.00. The van der Waals surface area contributed by atoms with Gasteiger partial charge in [-0.15, -0.1) is 0 Å². The maximum absolute atomic E-state index is 13.9. The molecule has 0 aliphatic heterocycles. The lowest BCUT2D eigenvalue weighted by molar-refractivity contribution is -0.139. The molecule has 2 amide bonds. The number of aryl methyl sites for hydroxylation is 1. The second-order valence-electron chi connectivity index (χ2n) is 8.95. The summed E-state index contributed by atoms with van der Waals surface area (Å²) < 4.78 is 28.7. The van der Waals surface area contributed by atoms with Crippen LogP contribution in [0, 0.1) is 6.92 Å². The van der Waals surface area contributed by atoms with Crippen LogP contribution in [0.25, 0.3) is 0 Å². The van der Waals surface area contributed by atoms with E-state index in [1.165, 1.54) is 23.1 Å². The zero-order chi connectivity index (χ0) is 27.7. The highest BCUT2D eigenvalue weighted by atomic mass is 35.5. The first-order chi connectivity index (χ1) is 18.2. The van der Waals surface area contributed by atoms with Crippen LogP contribution in [0.15, 0.2) is 83.8 Å². The van der Waals surface area contributed by atoms with Crippen LogP contribution in [0.5, 0.6) is 0 Å². The molecule has 0 heterocycles. The maximum Gasteiger partial charge on any atom is 0.264 e. The third-order valence-corrected chi connectivity index (χ3v) is 8.23. The summed E-state index contributed by atoms with van der Waals surface area (Å²) in [7, 11) is -4.12. The third kappa shape index (κ3) is 7.36. The number of amides is 2. The van der Waals surface area contributed by atoms with E-state index in [1.54, 1.807) is 30.3 Å². The van der Waals surface area contributed by atoms with Gasteiger partial charge >= 0.3 is 0 Å². The lowest BCUT2D eigenvalue weighted by Gasteiger charge is -2.33. The maximum atomic E-state index is 13.9. The molecule has 3 aromatic rings. The Morgan fingerprint density at radius 3 is 2.24 bits per heavy atom. The third-order valence-electron chi connectivity index (χ3n) is 6.21. The SMILES string of the molecule is CCNC(=O)[C@H](CC)N(CCc1ccccc1)C(=O)CN(c1cccc(Cl)c1)S(=O)(=O)c1ccc(C)cc1. The van der Waals surface area contributed by atoms with Gasteiger partial charge in [0.25, 0.3) is 10.0 Å². The first-order valence-electron chi connectivity index (χ1n) is 12.6. The predicted octanol–water partition coefficient (Wildman–Crippen LogP) is 4.83. The first-order valence-corrected chi connectivity index (χ1v) is 14.4. The molecule has 0 saturated heterocycles. The molecule has 0 spiro atoms. The Morgan fingerprint density at radius 1 is 0.947 bits per heavy atom. The van der Waals surface area contributed by atoms with Crippen molar-refractivity contribution in [1.82, 2.24) is 10.2 Å². The number of nitrogens with zero attached hydrogens (tertiary/aromatic N) is 2. The normalized spacial score (nSPS) is 12.0. The Bertz CT molecular complexity index is 1330. The van der Waals surface area contributed by atoms with E-state index in [1.807, 2.05) is 51.1 Å². The fourth-order valence-electron chi connectivity index (χ4n) is 4.19. The number of sulfonamides is 1. The van der Waals surface area contributed by atoms with Crippen molar-refractivity contribution in [3.8, 4) is 0 Å². The quantitative estimate of drug-likeness (QED) is 0.347. The van der Waals surface area contributed by atoms with Crippen LogP contribution >= 0.6 is 11.6 Å². The van der Waals surface area contributed by atoms with E-state index in [4.69, 9.17) is 11.6 Å². The van der Waals surface area contributed by atoms with E-state index in [9.17, 15) is 18.0 Å². The summed E-state index contributed by atoms with van der Waals surface area (Å²) in [6, 6.07) is 21.7. The number of rotatable bonds is 12. The molecule has 9 heteroatoms. The molecule has 0 aromatic heterocycles. The lowest BCUT2D eigenvalue weighted by atomic mass is 10.1. The number of nitrogens with one attached hydrogen (secondary N) is 1. The van der Waals surface area contributed by atoms with Gasteiger partial charge in [-0.1, -0.05) is 72.6 Å². The number of benzene rings is 3. The number of likely N-dealkylation sites (N-methyl/N-ethyl adjacent to an activating group) is 1. The van der Waals surface area contributed by atoms with E-state index < -0.39 is 28.5 Å². The topological polar surface area (TPSA) is 86.8 Å². The van der Waals surface area contributed by atoms with Crippen molar-refractivity contribution >= 4 is 39.1 Å². The molecule has 38 heavy (non-hydrogen) atoms. The van der Waals surface area contributed by atoms with Crippen LogP contribution in [-0.4, -0.2) is 50.8 Å². The van der Waals surface area contributed by atoms with Gasteiger partial charge in [-0.2, -0.15) is 0 Å². The van der Waals surface area contributed by atoms with Gasteiger partial charge in [0, 0.05) is 18.1 Å². The fourth-order valence-corrected chi connectivity index (χ4v) is 5.78. The standard InChI is InChI=1S/C29H34ClN3O4S/c1-4-27(29(35)31-5-2)32(19-18-23-10-7-6-8-11-23)28(34)21-33(25-13-9-12-24(30)20-25)38(36,37)26-16-14-22(3)15-17-26/h6-17,20,27H,4-5,18-19,21H2,1-3H3,(H,31,35)/t27-/m0/s1. The van der Waals surface area contributed by atoms with Crippen LogP contribution in [0.4, 0.5) is 5.69 Å². The first kappa shape index (κ1) is 29.2. The fraction of sp³-hybridized carbons (Fsp3) is 0.310. The average molecular weight is 556 g/mol. The van der Waals surface area contributed by atoms with Gasteiger partial charge in [0.2, 0.25) is 11.8 Å². The molecule has 0 bridgehead atoms. The predicted molar refractivity (Wildman–Crippen MR) is 152 cm³/mol. The number of halogens is 1. The molecular weight excluding hydrogens is 522 g/mol. The van der Waals surface area contributed by atoms with E-state index in [-0.39, 0.29) is 23.0 Å². The molecule has 3 rings (SSSR count). The number of carbonyl (C=O) groups is 2. The Labute approximate surface area is 230 Å². The highest BCUT2D eigenvalue weighted by Gasteiger charge is 2.33. The van der Waals surface area contributed by atoms with Crippen molar-refractivity contribution in [3.63, 3.8) is 0 Å². The monoisotopic (exact) mass is 555 g/mol. The smallest absolute Gasteiger partial charge is 0.264 e. The van der Waals surface area contributed by atoms with Crippen LogP contribution in [0.1, 0.15) is 31.4 Å². The van der Waals surface area contributed by atoms with Gasteiger partial charge in [-0.05, 0) is 62.6 Å². The van der Waals surface area contributed by atoms with Gasteiger partial charge in [-0.25, -0.2) is 8.42 Å². The van der Waals surface area contributed by atoms with Gasteiger partial charge in [-0.3, -0.25) is 13.9 Å². The van der Waals surface area contributed by atoms with E-state index >= 15 is 0 Å². The molecule has 3 aromatic carbocycles. The minimum atomic E-state index is -4.12. The molecule has 0 radical (unpaired) electrons. The number of hydrogen-bond donors (Lipinski definition) is 1. The average Bonchev–Trinajstić information content (AvgIpc) is 2.90. The minimum Gasteiger partial charge on any atom is -0.355 e. The molecule has 0 fully saturated rings. The van der Waals surface area contributed by atoms with Crippen molar-refractivity contribution in [3.05, 3.63) is 95.0 Å². The van der Waals surface area contributed by atoms with Crippen molar-refractivity contribution in [2.45, 2.75) is 44.6 Å². The Kier molecular flexibility index (Phi) is 10.3. The highest BCUT2D eigenvalue weighted by Crippen LogP contribution is 2.27. The summed E-state index contributed by atoms with van der Waals surface area (Å²) >= 11 is 6.20. The van der Waals surface area contributed by atoms with Crippen LogP contribution in [0.2, 0.25) is 5.02 Å². The lowest BCUT2D eigenvalue weighted by Crippen LogP contribution is -2.53. The van der Waals surface area contributed by atoms with Crippen molar-refractivity contribution in [1.29, 1.82) is 0 Å². The second kappa shape index (κ2) is 13.4. The summed E-state index contributed by atoms with van der Waals surface area (Å²) in [5.41, 5.74) is 2.18. The molecule has 202 valence electrons. The molecule has 0 unspecified atom stereocenters. The number of hydrogen-bond acceptors (Lipinski definition) is 4. The van der Waals surface area contributed by atoms with Crippen molar-refractivity contribution < 1.29 is 18.0 Å². The molecule has 7 nitrogen and oxygen atoms in total. The second-order valence-corrected chi connectivity index (χ2v) is 11.2. The zero-order valence-corrected chi connectivity index (χ0v) is 23.5. The largest absolute Gasteiger partial charge is 0.355 e. The van der Waals surface area contributed by atoms with E-state index in [0.717, 1.165) is 15.4 Å². The summed E-state index contributed by atoms with van der Waals surface area (Å²) in [6.45, 7) is 5.71. The molecule has 1 N–H and O–H groups in total. The van der Waals surface area contributed by atoms with Crippen LogP contribution < -0.4 is 9.62 Å². The number of carbonyl (C=O) groups excluding carboxylic acids is 2.